The van der Waals surface area contributed by atoms with Gasteiger partial charge < -0.3 is 9.64 Å². The largest absolute Gasteiger partial charge is 0.497 e. The van der Waals surface area contributed by atoms with Crippen molar-refractivity contribution in [3.63, 3.8) is 0 Å². The highest BCUT2D eigenvalue weighted by atomic mass is 16.5. The van der Waals surface area contributed by atoms with Crippen molar-refractivity contribution < 1.29 is 9.53 Å². The number of likely N-dealkylation sites (tertiary alicyclic amines) is 1. The van der Waals surface area contributed by atoms with E-state index in [0.29, 0.717) is 11.4 Å². The first-order chi connectivity index (χ1) is 12.8. The summed E-state index contributed by atoms with van der Waals surface area (Å²) in [6, 6.07) is 11.6. The highest BCUT2D eigenvalue weighted by Gasteiger charge is 2.30. The van der Waals surface area contributed by atoms with Gasteiger partial charge in [-0.2, -0.15) is 0 Å². The average Bonchev–Trinajstić information content (AvgIpc) is 3.39. The maximum atomic E-state index is 13.1. The molecule has 1 atom stereocenters. The van der Waals surface area contributed by atoms with Crippen LogP contribution in [0.3, 0.4) is 0 Å². The van der Waals surface area contributed by atoms with Crippen molar-refractivity contribution in [2.75, 3.05) is 13.7 Å². The molecule has 0 saturated carbocycles. The molecule has 6 nitrogen and oxygen atoms in total. The fraction of sp³-hybridized carbons (Fsp3) is 0.250. The van der Waals surface area contributed by atoms with Crippen LogP contribution in [0, 0.1) is 0 Å². The molecule has 26 heavy (non-hydrogen) atoms. The predicted octanol–water partition coefficient (Wildman–Crippen LogP) is 3.25. The molecule has 3 aromatic rings. The second kappa shape index (κ2) is 7.00. The fourth-order valence-electron chi connectivity index (χ4n) is 3.44. The Morgan fingerprint density at radius 1 is 1.19 bits per heavy atom. The Balaban J connectivity index is 1.59. The van der Waals surface area contributed by atoms with Crippen LogP contribution in [-0.2, 0) is 0 Å². The molecule has 6 heteroatoms. The third-order valence-electron chi connectivity index (χ3n) is 4.78. The summed E-state index contributed by atoms with van der Waals surface area (Å²) in [7, 11) is 1.65. The first kappa shape index (κ1) is 16.3. The standard InChI is InChI=1S/C20H20N4O2/c1-26-17-6-4-15(5-7-17)18-3-2-11-24(18)20(25)16-8-9-22-19(13-16)23-12-10-21-14-23/h4-10,12-14,18H,2-3,11H2,1H3/t18-/m0/s1. The highest BCUT2D eigenvalue weighted by Crippen LogP contribution is 2.34. The van der Waals surface area contributed by atoms with Gasteiger partial charge in [0.15, 0.2) is 0 Å². The van der Waals surface area contributed by atoms with Gasteiger partial charge in [-0.05, 0) is 42.7 Å². The summed E-state index contributed by atoms with van der Waals surface area (Å²) in [6.07, 6.45) is 8.82. The minimum Gasteiger partial charge on any atom is -0.497 e. The lowest BCUT2D eigenvalue weighted by molar-refractivity contribution is 0.0735. The lowest BCUT2D eigenvalue weighted by Gasteiger charge is -2.25. The predicted molar refractivity (Wildman–Crippen MR) is 97.4 cm³/mol. The average molecular weight is 348 g/mol. The molecule has 3 heterocycles. The van der Waals surface area contributed by atoms with Crippen LogP contribution in [-0.4, -0.2) is 39.0 Å². The van der Waals surface area contributed by atoms with Gasteiger partial charge in [-0.1, -0.05) is 12.1 Å². The Labute approximate surface area is 152 Å². The fourth-order valence-corrected chi connectivity index (χ4v) is 3.44. The SMILES string of the molecule is COc1ccc([C@@H]2CCCN2C(=O)c2ccnc(-n3ccnc3)c2)cc1. The quantitative estimate of drug-likeness (QED) is 0.726. The summed E-state index contributed by atoms with van der Waals surface area (Å²) in [5.74, 6) is 1.55. The molecule has 132 valence electrons. The molecule has 1 amide bonds. The van der Waals surface area contributed by atoms with E-state index in [-0.39, 0.29) is 11.9 Å². The van der Waals surface area contributed by atoms with Crippen molar-refractivity contribution in [1.29, 1.82) is 0 Å². The lowest BCUT2D eigenvalue weighted by atomic mass is 10.0. The van der Waals surface area contributed by atoms with E-state index in [1.54, 1.807) is 36.5 Å². The Bertz CT molecular complexity index is 890. The third kappa shape index (κ3) is 3.06. The second-order valence-electron chi connectivity index (χ2n) is 6.30. The van der Waals surface area contributed by atoms with Crippen molar-refractivity contribution in [3.8, 4) is 11.6 Å². The molecule has 0 bridgehead atoms. The maximum absolute atomic E-state index is 13.1. The summed E-state index contributed by atoms with van der Waals surface area (Å²) < 4.78 is 7.02. The minimum absolute atomic E-state index is 0.0343. The van der Waals surface area contributed by atoms with Crippen LogP contribution in [0.2, 0.25) is 0 Å². The van der Waals surface area contributed by atoms with Crippen LogP contribution in [0.25, 0.3) is 5.82 Å². The van der Waals surface area contributed by atoms with Gasteiger partial charge in [0.25, 0.3) is 5.91 Å². The van der Waals surface area contributed by atoms with Crippen molar-refractivity contribution in [3.05, 3.63) is 72.4 Å². The number of carbonyl (C=O) groups excluding carboxylic acids is 1. The number of nitrogens with zero attached hydrogens (tertiary/aromatic N) is 4. The number of amides is 1. The van der Waals surface area contributed by atoms with Gasteiger partial charge in [-0.3, -0.25) is 9.36 Å². The normalized spacial score (nSPS) is 16.7. The van der Waals surface area contributed by atoms with Crippen LogP contribution in [0.5, 0.6) is 5.75 Å². The number of aromatic nitrogens is 3. The van der Waals surface area contributed by atoms with Crippen molar-refractivity contribution in [1.82, 2.24) is 19.4 Å². The first-order valence-corrected chi connectivity index (χ1v) is 8.65. The number of carbonyl (C=O) groups is 1. The molecule has 0 spiro atoms. The van der Waals surface area contributed by atoms with Gasteiger partial charge in [0.2, 0.25) is 0 Å². The smallest absolute Gasteiger partial charge is 0.254 e. The Kier molecular flexibility index (Phi) is 4.39. The molecule has 1 saturated heterocycles. The van der Waals surface area contributed by atoms with Crippen LogP contribution in [0.4, 0.5) is 0 Å². The summed E-state index contributed by atoms with van der Waals surface area (Å²) >= 11 is 0. The van der Waals surface area contributed by atoms with Gasteiger partial charge in [0.05, 0.1) is 13.2 Å². The first-order valence-electron chi connectivity index (χ1n) is 8.65. The number of hydrogen-bond donors (Lipinski definition) is 0. The monoisotopic (exact) mass is 348 g/mol. The Hall–Kier alpha value is -3.15. The molecule has 1 aliphatic rings. The van der Waals surface area contributed by atoms with Gasteiger partial charge in [-0.25, -0.2) is 9.97 Å². The van der Waals surface area contributed by atoms with E-state index in [0.717, 1.165) is 30.7 Å². The molecule has 1 fully saturated rings. The Morgan fingerprint density at radius 3 is 2.77 bits per heavy atom. The van der Waals surface area contributed by atoms with E-state index in [1.807, 2.05) is 41.4 Å². The van der Waals surface area contributed by atoms with Gasteiger partial charge in [0.1, 0.15) is 17.9 Å². The van der Waals surface area contributed by atoms with Crippen molar-refractivity contribution >= 4 is 5.91 Å². The number of imidazole rings is 1. The molecule has 0 N–H and O–H groups in total. The van der Waals surface area contributed by atoms with Crippen LogP contribution < -0.4 is 4.74 Å². The topological polar surface area (TPSA) is 60.2 Å². The van der Waals surface area contributed by atoms with Crippen LogP contribution in [0.15, 0.2) is 61.3 Å². The summed E-state index contributed by atoms with van der Waals surface area (Å²) in [6.45, 7) is 0.762. The maximum Gasteiger partial charge on any atom is 0.254 e. The Morgan fingerprint density at radius 2 is 2.04 bits per heavy atom. The minimum atomic E-state index is 0.0343. The van der Waals surface area contributed by atoms with Gasteiger partial charge >= 0.3 is 0 Å². The zero-order chi connectivity index (χ0) is 17.9. The zero-order valence-electron chi connectivity index (χ0n) is 14.6. The zero-order valence-corrected chi connectivity index (χ0v) is 14.6. The summed E-state index contributed by atoms with van der Waals surface area (Å²) in [4.78, 5) is 23.4. The second-order valence-corrected chi connectivity index (χ2v) is 6.30. The molecule has 1 aromatic carbocycles. The molecule has 1 aliphatic heterocycles. The van der Waals surface area contributed by atoms with E-state index >= 15 is 0 Å². The number of methoxy groups -OCH3 is 1. The molecule has 2 aromatic heterocycles. The van der Waals surface area contributed by atoms with Crippen molar-refractivity contribution in [2.45, 2.75) is 18.9 Å². The lowest BCUT2D eigenvalue weighted by Crippen LogP contribution is -2.30. The molecule has 0 unspecified atom stereocenters. The summed E-state index contributed by atoms with van der Waals surface area (Å²) in [5, 5.41) is 0. The molecule has 0 radical (unpaired) electrons. The number of hydrogen-bond acceptors (Lipinski definition) is 4. The number of pyridine rings is 1. The highest BCUT2D eigenvalue weighted by molar-refractivity contribution is 5.95. The van der Waals surface area contributed by atoms with Crippen LogP contribution >= 0.6 is 0 Å². The number of benzene rings is 1. The van der Waals surface area contributed by atoms with E-state index in [2.05, 4.69) is 9.97 Å². The number of ether oxygens (including phenoxy) is 1. The van der Waals surface area contributed by atoms with E-state index in [4.69, 9.17) is 4.74 Å². The van der Waals surface area contributed by atoms with E-state index in [9.17, 15) is 4.79 Å². The molecule has 4 rings (SSSR count). The van der Waals surface area contributed by atoms with E-state index in [1.165, 1.54) is 0 Å². The molecular weight excluding hydrogens is 328 g/mol. The third-order valence-corrected chi connectivity index (χ3v) is 4.78. The summed E-state index contributed by atoms with van der Waals surface area (Å²) in [5.41, 5.74) is 1.78. The van der Waals surface area contributed by atoms with Gasteiger partial charge in [-0.15, -0.1) is 0 Å². The van der Waals surface area contributed by atoms with E-state index < -0.39 is 0 Å². The van der Waals surface area contributed by atoms with Gasteiger partial charge in [0, 0.05) is 30.7 Å². The molecule has 0 aliphatic carbocycles. The number of rotatable bonds is 4. The van der Waals surface area contributed by atoms with Crippen LogP contribution in [0.1, 0.15) is 34.8 Å². The van der Waals surface area contributed by atoms with Crippen molar-refractivity contribution in [2.24, 2.45) is 0 Å². The molecular formula is C20H20N4O2.